The molecule has 0 atom stereocenters. The van der Waals surface area contributed by atoms with E-state index in [1.165, 1.54) is 11.8 Å². The first-order valence-electron chi connectivity index (χ1n) is 6.48. The van der Waals surface area contributed by atoms with Crippen molar-refractivity contribution in [2.45, 2.75) is 5.03 Å². The van der Waals surface area contributed by atoms with Crippen molar-refractivity contribution in [3.63, 3.8) is 0 Å². The summed E-state index contributed by atoms with van der Waals surface area (Å²) in [6.07, 6.45) is 3.48. The average Bonchev–Trinajstić information content (AvgIpc) is 3.08. The Morgan fingerprint density at radius 2 is 1.95 bits per heavy atom. The van der Waals surface area contributed by atoms with E-state index in [0.717, 1.165) is 4.47 Å². The molecule has 0 aliphatic carbocycles. The van der Waals surface area contributed by atoms with Gasteiger partial charge in [0.2, 0.25) is 0 Å². The minimum absolute atomic E-state index is 0.0652. The molecule has 0 bridgehead atoms. The minimum atomic E-state index is 0.0652. The first kappa shape index (κ1) is 14.9. The van der Waals surface area contributed by atoms with Crippen molar-refractivity contribution in [2.75, 3.05) is 5.75 Å². The molecule has 2 aromatic heterocycles. The van der Waals surface area contributed by atoms with Crippen molar-refractivity contribution in [1.82, 2.24) is 20.0 Å². The lowest BCUT2D eigenvalue weighted by Gasteiger charge is -2.02. The number of nitrogens with zero attached hydrogens (tertiary/aromatic N) is 4. The van der Waals surface area contributed by atoms with E-state index in [4.69, 9.17) is 0 Å². The quantitative estimate of drug-likeness (QED) is 0.505. The van der Waals surface area contributed by atoms with Gasteiger partial charge < -0.3 is 0 Å². The van der Waals surface area contributed by atoms with Crippen molar-refractivity contribution in [3.8, 4) is 5.82 Å². The van der Waals surface area contributed by atoms with Crippen molar-refractivity contribution in [3.05, 3.63) is 64.9 Å². The summed E-state index contributed by atoms with van der Waals surface area (Å²) in [5.41, 5.74) is 0.692. The second-order valence-electron chi connectivity index (χ2n) is 4.40. The Hall–Kier alpha value is -1.99. The molecule has 0 aliphatic heterocycles. The molecular formula is C15H11BrN4OS. The number of carbonyl (C=O) groups excluding carboxylic acids is 1. The molecule has 0 saturated carbocycles. The summed E-state index contributed by atoms with van der Waals surface area (Å²) in [4.78, 5) is 12.1. The van der Waals surface area contributed by atoms with Gasteiger partial charge in [-0.3, -0.25) is 4.79 Å². The topological polar surface area (TPSA) is 60.7 Å². The van der Waals surface area contributed by atoms with Crippen LogP contribution in [0, 0.1) is 0 Å². The van der Waals surface area contributed by atoms with Gasteiger partial charge in [0.15, 0.2) is 11.6 Å². The lowest BCUT2D eigenvalue weighted by atomic mass is 10.2. The van der Waals surface area contributed by atoms with E-state index in [-0.39, 0.29) is 5.78 Å². The predicted molar refractivity (Wildman–Crippen MR) is 88.4 cm³/mol. The molecular weight excluding hydrogens is 364 g/mol. The van der Waals surface area contributed by atoms with Gasteiger partial charge in [0.1, 0.15) is 5.03 Å². The highest BCUT2D eigenvalue weighted by Crippen LogP contribution is 2.18. The van der Waals surface area contributed by atoms with Gasteiger partial charge in [-0.15, -0.1) is 10.2 Å². The predicted octanol–water partition coefficient (Wildman–Crippen LogP) is 3.40. The summed E-state index contributed by atoms with van der Waals surface area (Å²) in [6, 6.07) is 12.8. The molecule has 110 valence electrons. The van der Waals surface area contributed by atoms with Crippen LogP contribution in [0.4, 0.5) is 0 Å². The van der Waals surface area contributed by atoms with Crippen LogP contribution in [0.3, 0.4) is 0 Å². The maximum absolute atomic E-state index is 12.1. The van der Waals surface area contributed by atoms with Crippen LogP contribution in [0.15, 0.2) is 64.4 Å². The van der Waals surface area contributed by atoms with E-state index >= 15 is 0 Å². The number of Topliss-reactive ketones (excluding diaryl/α,β-unsaturated/α-hetero) is 1. The summed E-state index contributed by atoms with van der Waals surface area (Å²) in [5.74, 6) is 1.04. The number of aromatic nitrogens is 4. The van der Waals surface area contributed by atoms with Gasteiger partial charge in [-0.2, -0.15) is 5.10 Å². The highest BCUT2D eigenvalue weighted by Gasteiger charge is 2.08. The normalized spacial score (nSPS) is 10.6. The second-order valence-corrected chi connectivity index (χ2v) is 6.31. The van der Waals surface area contributed by atoms with Crippen molar-refractivity contribution >= 4 is 33.5 Å². The number of benzene rings is 1. The number of hydrogen-bond donors (Lipinski definition) is 0. The number of rotatable bonds is 5. The van der Waals surface area contributed by atoms with Crippen molar-refractivity contribution in [2.24, 2.45) is 0 Å². The highest BCUT2D eigenvalue weighted by molar-refractivity contribution is 9.10. The van der Waals surface area contributed by atoms with Crippen molar-refractivity contribution in [1.29, 1.82) is 0 Å². The Bertz CT molecular complexity index is 757. The number of hydrogen-bond acceptors (Lipinski definition) is 5. The smallest absolute Gasteiger partial charge is 0.175 e. The van der Waals surface area contributed by atoms with Gasteiger partial charge in [0, 0.05) is 22.4 Å². The van der Waals surface area contributed by atoms with E-state index in [0.29, 0.717) is 22.2 Å². The number of ketones is 1. The van der Waals surface area contributed by atoms with Gasteiger partial charge in [0.25, 0.3) is 0 Å². The Morgan fingerprint density at radius 3 is 2.59 bits per heavy atom. The molecule has 5 nitrogen and oxygen atoms in total. The molecule has 0 saturated heterocycles. The SMILES string of the molecule is O=C(CSc1ccc(-n2cccn2)nn1)c1ccc(Br)cc1. The van der Waals surface area contributed by atoms with E-state index < -0.39 is 0 Å². The van der Waals surface area contributed by atoms with Gasteiger partial charge in [-0.25, -0.2) is 4.68 Å². The minimum Gasteiger partial charge on any atom is -0.293 e. The summed E-state index contributed by atoms with van der Waals surface area (Å²) in [7, 11) is 0. The number of thioether (sulfide) groups is 1. The molecule has 0 unspecified atom stereocenters. The molecule has 1 aromatic carbocycles. The number of halogens is 1. The molecule has 0 amide bonds. The highest BCUT2D eigenvalue weighted by atomic mass is 79.9. The fourth-order valence-corrected chi connectivity index (χ4v) is 2.75. The molecule has 0 N–H and O–H groups in total. The molecule has 7 heteroatoms. The maximum atomic E-state index is 12.1. The first-order chi connectivity index (χ1) is 10.7. The van der Waals surface area contributed by atoms with E-state index in [1.54, 1.807) is 29.2 Å². The summed E-state index contributed by atoms with van der Waals surface area (Å²) >= 11 is 4.72. The van der Waals surface area contributed by atoms with E-state index in [9.17, 15) is 4.79 Å². The van der Waals surface area contributed by atoms with Crippen LogP contribution in [0.1, 0.15) is 10.4 Å². The average molecular weight is 375 g/mol. The van der Waals surface area contributed by atoms with Crippen LogP contribution in [0.2, 0.25) is 0 Å². The summed E-state index contributed by atoms with van der Waals surface area (Å²) in [6.45, 7) is 0. The lowest BCUT2D eigenvalue weighted by molar-refractivity contribution is 0.102. The third-order valence-electron chi connectivity index (χ3n) is 2.88. The third kappa shape index (κ3) is 3.61. The van der Waals surface area contributed by atoms with Crippen LogP contribution >= 0.6 is 27.7 Å². The zero-order valence-electron chi connectivity index (χ0n) is 11.4. The molecule has 22 heavy (non-hydrogen) atoms. The monoisotopic (exact) mass is 374 g/mol. The molecule has 0 spiro atoms. The van der Waals surface area contributed by atoms with Crippen LogP contribution < -0.4 is 0 Å². The van der Waals surface area contributed by atoms with Gasteiger partial charge in [0.05, 0.1) is 5.75 Å². The third-order valence-corrected chi connectivity index (χ3v) is 4.33. The summed E-state index contributed by atoms with van der Waals surface area (Å²) < 4.78 is 2.59. The van der Waals surface area contributed by atoms with Gasteiger partial charge in [-0.1, -0.05) is 39.8 Å². The number of carbonyl (C=O) groups is 1. The Morgan fingerprint density at radius 1 is 1.14 bits per heavy atom. The summed E-state index contributed by atoms with van der Waals surface area (Å²) in [5, 5.41) is 13.0. The van der Waals surface area contributed by atoms with E-state index in [1.807, 2.05) is 30.3 Å². The second kappa shape index (κ2) is 6.85. The fourth-order valence-electron chi connectivity index (χ4n) is 1.78. The Labute approximate surface area is 139 Å². The Kier molecular flexibility index (Phi) is 4.65. The Balaban J connectivity index is 1.61. The molecule has 3 rings (SSSR count). The maximum Gasteiger partial charge on any atom is 0.175 e. The van der Waals surface area contributed by atoms with Gasteiger partial charge >= 0.3 is 0 Å². The zero-order chi connectivity index (χ0) is 15.4. The van der Waals surface area contributed by atoms with Crippen LogP contribution in [-0.2, 0) is 0 Å². The van der Waals surface area contributed by atoms with Crippen LogP contribution in [-0.4, -0.2) is 31.5 Å². The van der Waals surface area contributed by atoms with Crippen molar-refractivity contribution < 1.29 is 4.79 Å². The first-order valence-corrected chi connectivity index (χ1v) is 8.25. The van der Waals surface area contributed by atoms with Crippen LogP contribution in [0.5, 0.6) is 0 Å². The molecule has 2 heterocycles. The fraction of sp³-hybridized carbons (Fsp3) is 0.0667. The van der Waals surface area contributed by atoms with Gasteiger partial charge in [-0.05, 0) is 30.3 Å². The lowest BCUT2D eigenvalue weighted by Crippen LogP contribution is -2.03. The van der Waals surface area contributed by atoms with E-state index in [2.05, 4.69) is 31.2 Å². The zero-order valence-corrected chi connectivity index (χ0v) is 13.8. The largest absolute Gasteiger partial charge is 0.293 e. The van der Waals surface area contributed by atoms with Crippen LogP contribution in [0.25, 0.3) is 5.82 Å². The molecule has 3 aromatic rings. The molecule has 0 fully saturated rings. The standard InChI is InChI=1S/C15H11BrN4OS/c16-12-4-2-11(3-5-12)13(21)10-22-15-7-6-14(18-19-15)20-9-1-8-17-20/h1-9H,10H2. The molecule has 0 radical (unpaired) electrons. The molecule has 0 aliphatic rings.